The minimum atomic E-state index is -0.308. The van der Waals surface area contributed by atoms with E-state index in [1.165, 1.54) is 0 Å². The maximum Gasteiger partial charge on any atom is 0.320 e. The molecule has 2 amide bonds. The Kier molecular flexibility index (Phi) is 5.46. The Bertz CT molecular complexity index is 728. The van der Waals surface area contributed by atoms with E-state index in [0.29, 0.717) is 12.4 Å². The number of nitrogens with zero attached hydrogens (tertiary/aromatic N) is 3. The van der Waals surface area contributed by atoms with Crippen LogP contribution >= 0.6 is 0 Å². The van der Waals surface area contributed by atoms with Crippen molar-refractivity contribution in [3.05, 3.63) is 47.9 Å². The SMILES string of the molecule is CC(C)(C)c1ccc(NC(=O)N[C@H]2CCCO[C@@H]2c2ccncc2)nn1. The van der Waals surface area contributed by atoms with Gasteiger partial charge in [-0.2, -0.15) is 5.10 Å². The van der Waals surface area contributed by atoms with Crippen molar-refractivity contribution in [3.8, 4) is 0 Å². The van der Waals surface area contributed by atoms with Crippen LogP contribution in [0, 0.1) is 0 Å². The lowest BCUT2D eigenvalue weighted by atomic mass is 9.92. The topological polar surface area (TPSA) is 89.0 Å². The number of carbonyl (C=O) groups excluding carboxylic acids is 1. The number of amides is 2. The fraction of sp³-hybridized carbons (Fsp3) is 0.474. The zero-order valence-electron chi connectivity index (χ0n) is 15.4. The monoisotopic (exact) mass is 355 g/mol. The molecule has 1 aliphatic heterocycles. The van der Waals surface area contributed by atoms with Gasteiger partial charge < -0.3 is 10.1 Å². The number of hydrogen-bond donors (Lipinski definition) is 2. The van der Waals surface area contributed by atoms with Crippen LogP contribution in [0.5, 0.6) is 0 Å². The Morgan fingerprint density at radius 3 is 2.58 bits per heavy atom. The summed E-state index contributed by atoms with van der Waals surface area (Å²) in [6.45, 7) is 6.89. The predicted molar refractivity (Wildman–Crippen MR) is 98.8 cm³/mol. The minimum Gasteiger partial charge on any atom is -0.371 e. The molecule has 1 fully saturated rings. The third-order valence-electron chi connectivity index (χ3n) is 4.35. The fourth-order valence-electron chi connectivity index (χ4n) is 2.93. The van der Waals surface area contributed by atoms with Crippen LogP contribution in [0.4, 0.5) is 10.6 Å². The molecule has 3 rings (SSSR count). The number of hydrogen-bond acceptors (Lipinski definition) is 5. The van der Waals surface area contributed by atoms with Gasteiger partial charge in [-0.25, -0.2) is 4.79 Å². The fourth-order valence-corrected chi connectivity index (χ4v) is 2.93. The Balaban J connectivity index is 1.63. The molecule has 0 unspecified atom stereocenters. The minimum absolute atomic E-state index is 0.0784. The average Bonchev–Trinajstić information content (AvgIpc) is 2.62. The number of nitrogens with one attached hydrogen (secondary N) is 2. The van der Waals surface area contributed by atoms with E-state index in [4.69, 9.17) is 4.74 Å². The highest BCUT2D eigenvalue weighted by Gasteiger charge is 2.29. The van der Waals surface area contributed by atoms with E-state index in [-0.39, 0.29) is 23.6 Å². The second-order valence-electron chi connectivity index (χ2n) is 7.47. The summed E-state index contributed by atoms with van der Waals surface area (Å²) >= 11 is 0. The molecule has 3 heterocycles. The molecule has 1 saturated heterocycles. The predicted octanol–water partition coefficient (Wildman–Crippen LogP) is 3.21. The van der Waals surface area contributed by atoms with Gasteiger partial charge in [-0.3, -0.25) is 10.3 Å². The van der Waals surface area contributed by atoms with Gasteiger partial charge in [0, 0.05) is 24.4 Å². The van der Waals surface area contributed by atoms with Crippen LogP contribution in [0.2, 0.25) is 0 Å². The number of carbonyl (C=O) groups is 1. The lowest BCUT2D eigenvalue weighted by Gasteiger charge is -2.32. The van der Waals surface area contributed by atoms with Gasteiger partial charge in [0.15, 0.2) is 5.82 Å². The molecule has 26 heavy (non-hydrogen) atoms. The highest BCUT2D eigenvalue weighted by atomic mass is 16.5. The van der Waals surface area contributed by atoms with E-state index in [9.17, 15) is 4.79 Å². The second-order valence-corrected chi connectivity index (χ2v) is 7.47. The summed E-state index contributed by atoms with van der Waals surface area (Å²) in [5, 5.41) is 14.0. The van der Waals surface area contributed by atoms with Crippen LogP contribution in [0.3, 0.4) is 0 Å². The van der Waals surface area contributed by atoms with Gasteiger partial charge >= 0.3 is 6.03 Å². The lowest BCUT2D eigenvalue weighted by Crippen LogP contribution is -2.44. The van der Waals surface area contributed by atoms with Crippen molar-refractivity contribution >= 4 is 11.8 Å². The molecule has 7 heteroatoms. The third-order valence-corrected chi connectivity index (χ3v) is 4.35. The van der Waals surface area contributed by atoms with Crippen molar-refractivity contribution in [2.45, 2.75) is 51.2 Å². The van der Waals surface area contributed by atoms with Crippen molar-refractivity contribution in [1.82, 2.24) is 20.5 Å². The van der Waals surface area contributed by atoms with E-state index in [0.717, 1.165) is 24.1 Å². The number of pyridine rings is 1. The molecule has 2 aromatic heterocycles. The molecule has 2 atom stereocenters. The first-order chi connectivity index (χ1) is 12.4. The van der Waals surface area contributed by atoms with Gasteiger partial charge in [0.05, 0.1) is 11.7 Å². The summed E-state index contributed by atoms with van der Waals surface area (Å²) in [6, 6.07) is 7.07. The Morgan fingerprint density at radius 2 is 1.92 bits per heavy atom. The summed E-state index contributed by atoms with van der Waals surface area (Å²) < 4.78 is 5.88. The standard InChI is InChI=1S/C19H25N5O2/c1-19(2,3)15-6-7-16(24-23-15)22-18(25)21-14-5-4-12-26-17(14)13-8-10-20-11-9-13/h6-11,14,17H,4-5,12H2,1-3H3,(H2,21,22,24,25)/t14-,17+/m0/s1. The molecule has 0 bridgehead atoms. The maximum atomic E-state index is 12.4. The molecule has 1 aliphatic rings. The summed E-state index contributed by atoms with van der Waals surface area (Å²) in [4.78, 5) is 16.4. The van der Waals surface area contributed by atoms with Crippen LogP contribution in [0.25, 0.3) is 0 Å². The van der Waals surface area contributed by atoms with Crippen LogP contribution < -0.4 is 10.6 Å². The van der Waals surface area contributed by atoms with Gasteiger partial charge in [0.25, 0.3) is 0 Å². The number of ether oxygens (including phenoxy) is 1. The molecule has 2 N–H and O–H groups in total. The van der Waals surface area contributed by atoms with Gasteiger partial charge in [0.2, 0.25) is 0 Å². The van der Waals surface area contributed by atoms with Crippen LogP contribution in [-0.4, -0.2) is 33.9 Å². The quantitative estimate of drug-likeness (QED) is 0.882. The molecule has 7 nitrogen and oxygen atoms in total. The molecule has 0 saturated carbocycles. The van der Waals surface area contributed by atoms with E-state index < -0.39 is 0 Å². The summed E-state index contributed by atoms with van der Waals surface area (Å²) in [5.74, 6) is 0.424. The number of urea groups is 1. The highest BCUT2D eigenvalue weighted by molar-refractivity contribution is 5.88. The Morgan fingerprint density at radius 1 is 1.15 bits per heavy atom. The first-order valence-electron chi connectivity index (χ1n) is 8.87. The van der Waals surface area contributed by atoms with E-state index in [1.807, 2.05) is 18.2 Å². The summed E-state index contributed by atoms with van der Waals surface area (Å²) in [5.41, 5.74) is 1.81. The zero-order chi connectivity index (χ0) is 18.6. The molecule has 138 valence electrons. The Hall–Kier alpha value is -2.54. The largest absolute Gasteiger partial charge is 0.371 e. The number of rotatable bonds is 3. The van der Waals surface area contributed by atoms with Gasteiger partial charge in [0.1, 0.15) is 6.10 Å². The Labute approximate surface area is 153 Å². The van der Waals surface area contributed by atoms with E-state index in [2.05, 4.69) is 46.6 Å². The van der Waals surface area contributed by atoms with Crippen LogP contribution in [-0.2, 0) is 10.2 Å². The molecule has 2 aromatic rings. The number of anilines is 1. The van der Waals surface area contributed by atoms with Crippen molar-refractivity contribution in [1.29, 1.82) is 0 Å². The highest BCUT2D eigenvalue weighted by Crippen LogP contribution is 2.28. The van der Waals surface area contributed by atoms with Gasteiger partial charge in [-0.05, 0) is 42.7 Å². The first kappa shape index (κ1) is 18.3. The van der Waals surface area contributed by atoms with Gasteiger partial charge in [-0.15, -0.1) is 5.10 Å². The smallest absolute Gasteiger partial charge is 0.320 e. The van der Waals surface area contributed by atoms with E-state index >= 15 is 0 Å². The van der Waals surface area contributed by atoms with Crippen molar-refractivity contribution < 1.29 is 9.53 Å². The molecule has 0 aromatic carbocycles. The van der Waals surface area contributed by atoms with Crippen LogP contribution in [0.1, 0.15) is 51.0 Å². The van der Waals surface area contributed by atoms with Gasteiger partial charge in [-0.1, -0.05) is 20.8 Å². The van der Waals surface area contributed by atoms with Crippen molar-refractivity contribution in [2.75, 3.05) is 11.9 Å². The molecule has 0 spiro atoms. The molecule has 0 aliphatic carbocycles. The lowest BCUT2D eigenvalue weighted by molar-refractivity contribution is -0.00701. The molecule has 0 radical (unpaired) electrons. The normalized spacial score (nSPS) is 20.4. The average molecular weight is 355 g/mol. The number of aromatic nitrogens is 3. The van der Waals surface area contributed by atoms with Crippen molar-refractivity contribution in [3.63, 3.8) is 0 Å². The second kappa shape index (κ2) is 7.78. The molecular formula is C19H25N5O2. The van der Waals surface area contributed by atoms with Crippen LogP contribution in [0.15, 0.2) is 36.7 Å². The zero-order valence-corrected chi connectivity index (χ0v) is 15.4. The van der Waals surface area contributed by atoms with E-state index in [1.54, 1.807) is 18.5 Å². The summed E-state index contributed by atoms with van der Waals surface area (Å²) in [6.07, 6.45) is 5.06. The first-order valence-corrected chi connectivity index (χ1v) is 8.87. The third kappa shape index (κ3) is 4.54. The van der Waals surface area contributed by atoms with Crippen molar-refractivity contribution in [2.24, 2.45) is 0 Å². The summed E-state index contributed by atoms with van der Waals surface area (Å²) in [7, 11) is 0. The maximum absolute atomic E-state index is 12.4. The molecular weight excluding hydrogens is 330 g/mol.